The summed E-state index contributed by atoms with van der Waals surface area (Å²) in [6.45, 7) is 2.23. The maximum Gasteiger partial charge on any atom is 0.127 e. The maximum atomic E-state index is 10.1. The summed E-state index contributed by atoms with van der Waals surface area (Å²) < 4.78 is 5.66. The lowest BCUT2D eigenvalue weighted by molar-refractivity contribution is 0.482. The van der Waals surface area contributed by atoms with E-state index in [-0.39, 0.29) is 6.54 Å². The van der Waals surface area contributed by atoms with E-state index in [9.17, 15) is 4.91 Å². The Labute approximate surface area is 100 Å². The van der Waals surface area contributed by atoms with Crippen LogP contribution in [0.4, 0.5) is 0 Å². The van der Waals surface area contributed by atoms with Crippen LogP contribution in [-0.2, 0) is 6.54 Å². The molecule has 0 heterocycles. The third-order valence-corrected chi connectivity index (χ3v) is 2.43. The molecule has 2 aromatic carbocycles. The van der Waals surface area contributed by atoms with E-state index in [0.29, 0.717) is 0 Å². The molecule has 0 unspecified atom stereocenters. The van der Waals surface area contributed by atoms with Crippen LogP contribution < -0.4 is 4.74 Å². The van der Waals surface area contributed by atoms with E-state index in [4.69, 9.17) is 4.74 Å². The topological polar surface area (TPSA) is 38.7 Å². The molecular formula is C14H13NO2. The number of nitrogens with zero attached hydrogens (tertiary/aromatic N) is 1. The van der Waals surface area contributed by atoms with Crippen LogP contribution in [0.2, 0.25) is 0 Å². The summed E-state index contributed by atoms with van der Waals surface area (Å²) in [6, 6.07) is 15.2. The lowest BCUT2D eigenvalue weighted by atomic mass is 10.2. The zero-order chi connectivity index (χ0) is 12.1. The van der Waals surface area contributed by atoms with Gasteiger partial charge in [-0.3, -0.25) is 0 Å². The zero-order valence-corrected chi connectivity index (χ0v) is 9.59. The third kappa shape index (κ3) is 3.14. The van der Waals surface area contributed by atoms with E-state index in [0.717, 1.165) is 17.1 Å². The Balaban J connectivity index is 2.08. The first-order valence-electron chi connectivity index (χ1n) is 5.40. The summed E-state index contributed by atoms with van der Waals surface area (Å²) in [6.07, 6.45) is 0. The van der Waals surface area contributed by atoms with Gasteiger partial charge in [-0.15, -0.1) is 0 Å². The Bertz CT molecular complexity index is 489. The van der Waals surface area contributed by atoms with Gasteiger partial charge in [0.15, 0.2) is 0 Å². The van der Waals surface area contributed by atoms with Gasteiger partial charge in [0, 0.05) is 0 Å². The van der Waals surface area contributed by atoms with E-state index in [2.05, 4.69) is 5.18 Å². The standard InChI is InChI=1S/C14H13NO2/c1-11-2-6-13(7-3-11)17-14-8-4-12(5-9-14)10-15-16/h2-9H,10H2,1H3. The molecule has 0 aliphatic rings. The lowest BCUT2D eigenvalue weighted by Crippen LogP contribution is -1.85. The molecule has 0 saturated heterocycles. The van der Waals surface area contributed by atoms with Gasteiger partial charge in [-0.1, -0.05) is 35.0 Å². The fraction of sp³-hybridized carbons (Fsp3) is 0.143. The maximum absolute atomic E-state index is 10.1. The molecule has 0 spiro atoms. The molecule has 0 aromatic heterocycles. The van der Waals surface area contributed by atoms with Gasteiger partial charge in [-0.05, 0) is 36.8 Å². The SMILES string of the molecule is Cc1ccc(Oc2ccc(CN=O)cc2)cc1. The summed E-state index contributed by atoms with van der Waals surface area (Å²) in [4.78, 5) is 10.1. The van der Waals surface area contributed by atoms with Gasteiger partial charge in [0.2, 0.25) is 0 Å². The van der Waals surface area contributed by atoms with Crippen molar-refractivity contribution >= 4 is 0 Å². The van der Waals surface area contributed by atoms with Crippen molar-refractivity contribution in [1.82, 2.24) is 0 Å². The van der Waals surface area contributed by atoms with Crippen molar-refractivity contribution in [2.24, 2.45) is 5.18 Å². The quantitative estimate of drug-likeness (QED) is 0.739. The van der Waals surface area contributed by atoms with E-state index < -0.39 is 0 Å². The number of ether oxygens (including phenoxy) is 1. The first-order valence-corrected chi connectivity index (χ1v) is 5.40. The summed E-state index contributed by atoms with van der Waals surface area (Å²) in [7, 11) is 0. The molecule has 17 heavy (non-hydrogen) atoms. The molecular weight excluding hydrogens is 214 g/mol. The van der Waals surface area contributed by atoms with Gasteiger partial charge in [-0.2, -0.15) is 4.91 Å². The molecule has 0 amide bonds. The molecule has 0 radical (unpaired) electrons. The van der Waals surface area contributed by atoms with Crippen molar-refractivity contribution in [3.8, 4) is 11.5 Å². The summed E-state index contributed by atoms with van der Waals surface area (Å²) in [5.41, 5.74) is 2.08. The second-order valence-electron chi connectivity index (χ2n) is 3.85. The number of nitroso groups, excluding NO2 is 1. The van der Waals surface area contributed by atoms with E-state index in [1.165, 1.54) is 5.56 Å². The normalized spacial score (nSPS) is 9.94. The minimum absolute atomic E-state index is 0.199. The Morgan fingerprint density at radius 3 is 2.00 bits per heavy atom. The number of aryl methyl sites for hydroxylation is 1. The molecule has 0 aliphatic heterocycles. The Morgan fingerprint density at radius 2 is 1.47 bits per heavy atom. The molecule has 2 rings (SSSR count). The third-order valence-electron chi connectivity index (χ3n) is 2.43. The molecule has 86 valence electrons. The van der Waals surface area contributed by atoms with E-state index in [1.807, 2.05) is 55.5 Å². The molecule has 0 atom stereocenters. The Kier molecular flexibility index (Phi) is 3.50. The van der Waals surface area contributed by atoms with Gasteiger partial charge >= 0.3 is 0 Å². The highest BCUT2D eigenvalue weighted by Gasteiger charge is 1.97. The average molecular weight is 227 g/mol. The molecule has 0 aliphatic carbocycles. The largest absolute Gasteiger partial charge is 0.457 e. The smallest absolute Gasteiger partial charge is 0.127 e. The highest BCUT2D eigenvalue weighted by Crippen LogP contribution is 2.22. The summed E-state index contributed by atoms with van der Waals surface area (Å²) in [5.74, 6) is 1.56. The Hall–Kier alpha value is -2.16. The highest BCUT2D eigenvalue weighted by molar-refractivity contribution is 5.34. The van der Waals surface area contributed by atoms with Crippen LogP contribution in [0.3, 0.4) is 0 Å². The molecule has 2 aromatic rings. The number of rotatable bonds is 4. The van der Waals surface area contributed by atoms with Crippen molar-refractivity contribution in [2.45, 2.75) is 13.5 Å². The van der Waals surface area contributed by atoms with Crippen molar-refractivity contribution in [1.29, 1.82) is 0 Å². The molecule has 3 nitrogen and oxygen atoms in total. The minimum atomic E-state index is 0.199. The second-order valence-corrected chi connectivity index (χ2v) is 3.85. The lowest BCUT2D eigenvalue weighted by Gasteiger charge is -2.06. The van der Waals surface area contributed by atoms with Crippen LogP contribution in [0.25, 0.3) is 0 Å². The summed E-state index contributed by atoms with van der Waals surface area (Å²) >= 11 is 0. The monoisotopic (exact) mass is 227 g/mol. The molecule has 0 bridgehead atoms. The molecule has 0 N–H and O–H groups in total. The van der Waals surface area contributed by atoms with Crippen molar-refractivity contribution in [3.63, 3.8) is 0 Å². The van der Waals surface area contributed by atoms with E-state index in [1.54, 1.807) is 0 Å². The predicted octanol–water partition coefficient (Wildman–Crippen LogP) is 4.05. The first-order chi connectivity index (χ1) is 8.28. The minimum Gasteiger partial charge on any atom is -0.457 e. The zero-order valence-electron chi connectivity index (χ0n) is 9.59. The van der Waals surface area contributed by atoms with Gasteiger partial charge in [0.05, 0.1) is 0 Å². The van der Waals surface area contributed by atoms with Crippen LogP contribution >= 0.6 is 0 Å². The fourth-order valence-electron chi connectivity index (χ4n) is 1.48. The van der Waals surface area contributed by atoms with Gasteiger partial charge in [0.25, 0.3) is 0 Å². The van der Waals surface area contributed by atoms with Gasteiger partial charge < -0.3 is 4.74 Å². The first kappa shape index (κ1) is 11.3. The van der Waals surface area contributed by atoms with Crippen LogP contribution in [0.15, 0.2) is 53.7 Å². The average Bonchev–Trinajstić information content (AvgIpc) is 2.35. The van der Waals surface area contributed by atoms with E-state index >= 15 is 0 Å². The number of hydrogen-bond donors (Lipinski definition) is 0. The van der Waals surface area contributed by atoms with Gasteiger partial charge in [-0.25, -0.2) is 0 Å². The molecule has 0 fully saturated rings. The van der Waals surface area contributed by atoms with Crippen molar-refractivity contribution in [3.05, 3.63) is 64.6 Å². The highest BCUT2D eigenvalue weighted by atomic mass is 16.5. The van der Waals surface area contributed by atoms with Gasteiger partial charge in [0.1, 0.15) is 18.0 Å². The van der Waals surface area contributed by atoms with Crippen LogP contribution in [-0.4, -0.2) is 0 Å². The summed E-state index contributed by atoms with van der Waals surface area (Å²) in [5, 5.41) is 2.84. The number of hydrogen-bond acceptors (Lipinski definition) is 3. The Morgan fingerprint density at radius 1 is 0.941 bits per heavy atom. The van der Waals surface area contributed by atoms with Crippen molar-refractivity contribution < 1.29 is 4.74 Å². The second kappa shape index (κ2) is 5.25. The fourth-order valence-corrected chi connectivity index (χ4v) is 1.48. The van der Waals surface area contributed by atoms with Crippen LogP contribution in [0, 0.1) is 11.8 Å². The molecule has 3 heteroatoms. The molecule has 0 saturated carbocycles. The number of benzene rings is 2. The predicted molar refractivity (Wildman–Crippen MR) is 67.2 cm³/mol. The van der Waals surface area contributed by atoms with Crippen LogP contribution in [0.1, 0.15) is 11.1 Å². The van der Waals surface area contributed by atoms with Crippen LogP contribution in [0.5, 0.6) is 11.5 Å². The van der Waals surface area contributed by atoms with Crippen molar-refractivity contribution in [2.75, 3.05) is 0 Å².